The zero-order valence-electron chi connectivity index (χ0n) is 12.9. The number of halogens is 4. The Labute approximate surface area is 150 Å². The highest BCUT2D eigenvalue weighted by Gasteiger charge is 2.34. The Hall–Kier alpha value is -1.80. The molecule has 0 atom stereocenters. The second kappa shape index (κ2) is 6.17. The van der Waals surface area contributed by atoms with Gasteiger partial charge in [0.05, 0.1) is 6.20 Å². The Morgan fingerprint density at radius 1 is 1.24 bits per heavy atom. The molecule has 0 spiro atoms. The van der Waals surface area contributed by atoms with E-state index < -0.39 is 11.1 Å². The van der Waals surface area contributed by atoms with Crippen molar-refractivity contribution in [3.63, 3.8) is 0 Å². The van der Waals surface area contributed by atoms with E-state index in [2.05, 4.69) is 9.97 Å². The number of nitrogens with zero attached hydrogens (tertiary/aromatic N) is 3. The van der Waals surface area contributed by atoms with E-state index >= 15 is 0 Å². The maximum atomic E-state index is 12.7. The fraction of sp³-hybridized carbons (Fsp3) is 0.375. The molecule has 0 unspecified atom stereocenters. The standard InChI is InChI=1S/C16H13ClF3N3OS/c17-10-1-2-12-11(7-10)22-14(24-12)9-3-5-23(6-4-9)15-21-8-13(25-15)16(18,19)20/h1-2,7-9H,3-6H2. The molecule has 1 fully saturated rings. The molecule has 1 aliphatic heterocycles. The van der Waals surface area contributed by atoms with E-state index in [9.17, 15) is 13.2 Å². The van der Waals surface area contributed by atoms with Gasteiger partial charge in [0.2, 0.25) is 0 Å². The molecule has 1 saturated heterocycles. The monoisotopic (exact) mass is 387 g/mol. The van der Waals surface area contributed by atoms with Crippen LogP contribution in [0.25, 0.3) is 11.1 Å². The van der Waals surface area contributed by atoms with Gasteiger partial charge in [-0.1, -0.05) is 22.9 Å². The smallest absolute Gasteiger partial charge is 0.427 e. The van der Waals surface area contributed by atoms with Gasteiger partial charge in [0.15, 0.2) is 16.6 Å². The summed E-state index contributed by atoms with van der Waals surface area (Å²) in [5, 5.41) is 1.02. The fourth-order valence-corrected chi connectivity index (χ4v) is 3.95. The van der Waals surface area contributed by atoms with Crippen LogP contribution < -0.4 is 4.90 Å². The van der Waals surface area contributed by atoms with Crippen LogP contribution in [0.2, 0.25) is 5.02 Å². The third-order valence-electron chi connectivity index (χ3n) is 4.25. The number of oxazole rings is 1. The van der Waals surface area contributed by atoms with Crippen LogP contribution in [0.3, 0.4) is 0 Å². The number of thiazole rings is 1. The molecular formula is C16H13ClF3N3OS. The third-order valence-corrected chi connectivity index (χ3v) is 5.59. The Kier molecular flexibility index (Phi) is 4.11. The molecule has 25 heavy (non-hydrogen) atoms. The lowest BCUT2D eigenvalue weighted by Gasteiger charge is -2.30. The molecule has 2 aromatic heterocycles. The minimum Gasteiger partial charge on any atom is -0.440 e. The molecule has 1 aromatic carbocycles. The van der Waals surface area contributed by atoms with E-state index in [4.69, 9.17) is 16.0 Å². The van der Waals surface area contributed by atoms with Gasteiger partial charge in [-0.15, -0.1) is 0 Å². The Morgan fingerprint density at radius 2 is 2.00 bits per heavy atom. The molecule has 132 valence electrons. The maximum Gasteiger partial charge on any atom is 0.427 e. The van der Waals surface area contributed by atoms with Crippen LogP contribution in [0, 0.1) is 0 Å². The first-order chi connectivity index (χ1) is 11.9. The van der Waals surface area contributed by atoms with Crippen molar-refractivity contribution in [2.75, 3.05) is 18.0 Å². The highest BCUT2D eigenvalue weighted by atomic mass is 35.5. The van der Waals surface area contributed by atoms with E-state index in [1.54, 1.807) is 18.2 Å². The highest BCUT2D eigenvalue weighted by Crippen LogP contribution is 2.38. The molecule has 4 nitrogen and oxygen atoms in total. The van der Waals surface area contributed by atoms with Crippen molar-refractivity contribution >= 4 is 39.2 Å². The number of hydrogen-bond acceptors (Lipinski definition) is 5. The van der Waals surface area contributed by atoms with Crippen molar-refractivity contribution in [1.29, 1.82) is 0 Å². The van der Waals surface area contributed by atoms with Crippen molar-refractivity contribution in [2.24, 2.45) is 0 Å². The number of alkyl halides is 3. The molecule has 9 heteroatoms. The largest absolute Gasteiger partial charge is 0.440 e. The number of hydrogen-bond donors (Lipinski definition) is 0. The van der Waals surface area contributed by atoms with Crippen molar-refractivity contribution in [1.82, 2.24) is 9.97 Å². The Balaban J connectivity index is 1.46. The molecule has 0 N–H and O–H groups in total. The predicted molar refractivity (Wildman–Crippen MR) is 90.3 cm³/mol. The summed E-state index contributed by atoms with van der Waals surface area (Å²) in [6.07, 6.45) is -1.94. The average molecular weight is 388 g/mol. The molecular weight excluding hydrogens is 375 g/mol. The number of aromatic nitrogens is 2. The lowest BCUT2D eigenvalue weighted by atomic mass is 9.97. The minimum atomic E-state index is -4.34. The van der Waals surface area contributed by atoms with Crippen LogP contribution >= 0.6 is 22.9 Å². The number of rotatable bonds is 2. The van der Waals surface area contributed by atoms with Crippen LogP contribution in [-0.4, -0.2) is 23.1 Å². The number of piperidine rings is 1. The number of anilines is 1. The quantitative estimate of drug-likeness (QED) is 0.595. The summed E-state index contributed by atoms with van der Waals surface area (Å²) in [7, 11) is 0. The molecule has 4 rings (SSSR count). The molecule has 3 aromatic rings. The van der Waals surface area contributed by atoms with E-state index in [-0.39, 0.29) is 5.92 Å². The van der Waals surface area contributed by atoms with E-state index in [0.717, 1.165) is 24.6 Å². The summed E-state index contributed by atoms with van der Waals surface area (Å²) >= 11 is 6.65. The second-order valence-electron chi connectivity index (χ2n) is 5.93. The summed E-state index contributed by atoms with van der Waals surface area (Å²) in [6, 6.07) is 5.30. The van der Waals surface area contributed by atoms with Gasteiger partial charge in [-0.25, -0.2) is 9.97 Å². The van der Waals surface area contributed by atoms with Crippen molar-refractivity contribution in [2.45, 2.75) is 24.9 Å². The number of fused-ring (bicyclic) bond motifs is 1. The Bertz CT molecular complexity index is 900. The summed E-state index contributed by atoms with van der Waals surface area (Å²) in [6.45, 7) is 1.24. The normalized spacial score (nSPS) is 16.7. The topological polar surface area (TPSA) is 42.2 Å². The zero-order chi connectivity index (χ0) is 17.6. The minimum absolute atomic E-state index is 0.143. The van der Waals surface area contributed by atoms with E-state index in [1.165, 1.54) is 0 Å². The lowest BCUT2D eigenvalue weighted by Crippen LogP contribution is -2.32. The molecule has 0 aliphatic carbocycles. The molecule has 0 saturated carbocycles. The molecule has 0 radical (unpaired) electrons. The van der Waals surface area contributed by atoms with E-state index in [1.807, 2.05) is 4.90 Å². The van der Waals surface area contributed by atoms with Gasteiger partial charge in [-0.2, -0.15) is 13.2 Å². The second-order valence-corrected chi connectivity index (χ2v) is 7.38. The van der Waals surface area contributed by atoms with Gasteiger partial charge in [0, 0.05) is 24.0 Å². The van der Waals surface area contributed by atoms with Gasteiger partial charge in [0.25, 0.3) is 0 Å². The fourth-order valence-electron chi connectivity index (χ4n) is 2.95. The molecule has 3 heterocycles. The SMILES string of the molecule is FC(F)(F)c1cnc(N2CCC(c3nc4cc(Cl)ccc4o3)CC2)s1. The van der Waals surface area contributed by atoms with Crippen molar-refractivity contribution in [3.05, 3.63) is 40.2 Å². The first-order valence-electron chi connectivity index (χ1n) is 7.74. The summed E-state index contributed by atoms with van der Waals surface area (Å²) in [4.78, 5) is 9.64. The first-order valence-corrected chi connectivity index (χ1v) is 8.93. The summed E-state index contributed by atoms with van der Waals surface area (Å²) < 4.78 is 43.9. The third kappa shape index (κ3) is 3.32. The van der Waals surface area contributed by atoms with E-state index in [0.29, 0.717) is 46.1 Å². The summed E-state index contributed by atoms with van der Waals surface area (Å²) in [5.41, 5.74) is 1.41. The van der Waals surface area contributed by atoms with Crippen LogP contribution in [0.4, 0.5) is 18.3 Å². The van der Waals surface area contributed by atoms with Crippen molar-refractivity contribution in [3.8, 4) is 0 Å². The highest BCUT2D eigenvalue weighted by molar-refractivity contribution is 7.15. The average Bonchev–Trinajstić information content (AvgIpc) is 3.21. The van der Waals surface area contributed by atoms with Gasteiger partial charge in [0.1, 0.15) is 10.4 Å². The summed E-state index contributed by atoms with van der Waals surface area (Å²) in [5.74, 6) is 0.802. The van der Waals surface area contributed by atoms with Gasteiger partial charge in [-0.3, -0.25) is 0 Å². The first kappa shape index (κ1) is 16.7. The number of benzene rings is 1. The molecule has 0 bridgehead atoms. The Morgan fingerprint density at radius 3 is 2.68 bits per heavy atom. The molecule has 1 aliphatic rings. The van der Waals surface area contributed by atoms with Crippen LogP contribution in [0.5, 0.6) is 0 Å². The van der Waals surface area contributed by atoms with Gasteiger partial charge in [-0.05, 0) is 31.0 Å². The molecule has 0 amide bonds. The van der Waals surface area contributed by atoms with Crippen molar-refractivity contribution < 1.29 is 17.6 Å². The van der Waals surface area contributed by atoms with Crippen LogP contribution in [-0.2, 0) is 6.18 Å². The van der Waals surface area contributed by atoms with Crippen LogP contribution in [0.15, 0.2) is 28.8 Å². The predicted octanol–water partition coefficient (Wildman–Crippen LogP) is 5.34. The van der Waals surface area contributed by atoms with Gasteiger partial charge >= 0.3 is 6.18 Å². The van der Waals surface area contributed by atoms with Gasteiger partial charge < -0.3 is 9.32 Å². The zero-order valence-corrected chi connectivity index (χ0v) is 14.5. The van der Waals surface area contributed by atoms with Crippen LogP contribution in [0.1, 0.15) is 29.5 Å². The maximum absolute atomic E-state index is 12.7. The lowest BCUT2D eigenvalue weighted by molar-refractivity contribution is -0.134.